The van der Waals surface area contributed by atoms with Crippen LogP contribution in [0.4, 0.5) is 5.82 Å². The maximum Gasteiger partial charge on any atom is 0.340 e. The number of hydrogen-bond acceptors (Lipinski definition) is 8. The van der Waals surface area contributed by atoms with Gasteiger partial charge in [0, 0.05) is 24.0 Å². The third kappa shape index (κ3) is 6.71. The molecule has 0 radical (unpaired) electrons. The number of hydrogen-bond donors (Lipinski definition) is 1. The molecule has 35 heavy (non-hydrogen) atoms. The lowest BCUT2D eigenvalue weighted by molar-refractivity contribution is -0.123. The summed E-state index contributed by atoms with van der Waals surface area (Å²) in [5.74, 6) is -1.42. The fourth-order valence-corrected chi connectivity index (χ4v) is 5.25. The normalized spacial score (nSPS) is 14.3. The molecule has 2 heterocycles. The fraction of sp³-hybridized carbons (Fsp3) is 0.417. The number of piperidine rings is 1. The number of sulfonamides is 1. The molecule has 1 aromatic carbocycles. The predicted octanol–water partition coefficient (Wildman–Crippen LogP) is 3.21. The first kappa shape index (κ1) is 26.4. The van der Waals surface area contributed by atoms with Crippen LogP contribution in [0.2, 0.25) is 5.02 Å². The molecule has 1 saturated heterocycles. The Morgan fingerprint density at radius 3 is 2.46 bits per heavy atom. The Morgan fingerprint density at radius 2 is 1.89 bits per heavy atom. The van der Waals surface area contributed by atoms with E-state index < -0.39 is 27.8 Å². The minimum absolute atomic E-state index is 0.219. The van der Waals surface area contributed by atoms with Crippen molar-refractivity contribution in [2.24, 2.45) is 5.92 Å². The minimum Gasteiger partial charge on any atom is -0.462 e. The van der Waals surface area contributed by atoms with Gasteiger partial charge in [-0.1, -0.05) is 30.7 Å². The molecule has 0 unspecified atom stereocenters. The monoisotopic (exact) mass is 518 g/mol. The number of ether oxygens (including phenoxy) is 1. The number of nitrogens with zero attached hydrogens (tertiary/aromatic N) is 3. The van der Waals surface area contributed by atoms with Crippen molar-refractivity contribution < 1.29 is 22.7 Å². The molecular formula is C24H27ClN4O5S. The fourth-order valence-electron chi connectivity index (χ4n) is 3.95. The number of halogens is 1. The lowest BCUT2D eigenvalue weighted by Crippen LogP contribution is -2.43. The third-order valence-corrected chi connectivity index (χ3v) is 7.20. The van der Waals surface area contributed by atoms with Gasteiger partial charge in [-0.3, -0.25) is 9.52 Å². The number of esters is 1. The Morgan fingerprint density at radius 1 is 1.23 bits per heavy atom. The number of aromatic nitrogens is 1. The zero-order valence-electron chi connectivity index (χ0n) is 19.6. The van der Waals surface area contributed by atoms with Crippen LogP contribution in [0.15, 0.2) is 30.3 Å². The number of benzene rings is 1. The van der Waals surface area contributed by atoms with E-state index in [-0.39, 0.29) is 23.5 Å². The van der Waals surface area contributed by atoms with E-state index in [0.29, 0.717) is 54.4 Å². The molecule has 0 bridgehead atoms. The van der Waals surface area contributed by atoms with E-state index in [1.807, 2.05) is 11.8 Å². The van der Waals surface area contributed by atoms with Gasteiger partial charge in [0.2, 0.25) is 15.9 Å². The molecule has 1 aliphatic rings. The number of carbonyl (C=O) groups is 2. The molecule has 0 atom stereocenters. The number of amides is 1. The van der Waals surface area contributed by atoms with Gasteiger partial charge in [-0.15, -0.1) is 0 Å². The average molecular weight is 519 g/mol. The van der Waals surface area contributed by atoms with Crippen molar-refractivity contribution in [1.82, 2.24) is 9.71 Å². The zero-order chi connectivity index (χ0) is 25.6. The molecule has 1 N–H and O–H groups in total. The maximum absolute atomic E-state index is 12.7. The van der Waals surface area contributed by atoms with Gasteiger partial charge in [0.25, 0.3) is 0 Å². The van der Waals surface area contributed by atoms with Crippen LogP contribution < -0.4 is 9.62 Å². The smallest absolute Gasteiger partial charge is 0.340 e. The van der Waals surface area contributed by atoms with E-state index in [1.54, 1.807) is 31.2 Å². The third-order valence-electron chi connectivity index (χ3n) is 5.72. The molecule has 9 nitrogen and oxygen atoms in total. The molecule has 0 spiro atoms. The first-order valence-electron chi connectivity index (χ1n) is 11.3. The van der Waals surface area contributed by atoms with Crippen LogP contribution in [0.25, 0.3) is 0 Å². The first-order chi connectivity index (χ1) is 16.7. The highest BCUT2D eigenvalue weighted by atomic mass is 35.5. The number of rotatable bonds is 8. The van der Waals surface area contributed by atoms with Crippen molar-refractivity contribution in [2.45, 2.75) is 38.9 Å². The van der Waals surface area contributed by atoms with Gasteiger partial charge in [0.1, 0.15) is 11.9 Å². The molecule has 1 fully saturated rings. The predicted molar refractivity (Wildman–Crippen MR) is 131 cm³/mol. The maximum atomic E-state index is 12.7. The molecule has 11 heteroatoms. The number of pyridine rings is 1. The Hall–Kier alpha value is -3.16. The van der Waals surface area contributed by atoms with Crippen molar-refractivity contribution in [1.29, 1.82) is 5.26 Å². The van der Waals surface area contributed by atoms with Gasteiger partial charge in [-0.2, -0.15) is 5.26 Å². The van der Waals surface area contributed by atoms with E-state index in [0.717, 1.165) is 0 Å². The molecule has 186 valence electrons. The van der Waals surface area contributed by atoms with Crippen molar-refractivity contribution in [2.75, 3.05) is 24.6 Å². The largest absolute Gasteiger partial charge is 0.462 e. The SMILES string of the molecule is CCOC(=O)c1cc(C#N)c(N2CCC(C(=O)NS(=O)(=O)Cc3ccc(Cl)cc3)CC2)nc1CC. The van der Waals surface area contributed by atoms with Crippen molar-refractivity contribution in [3.05, 3.63) is 57.7 Å². The van der Waals surface area contributed by atoms with E-state index >= 15 is 0 Å². The van der Waals surface area contributed by atoms with Crippen molar-refractivity contribution in [3.8, 4) is 6.07 Å². The van der Waals surface area contributed by atoms with Crippen molar-refractivity contribution in [3.63, 3.8) is 0 Å². The molecule has 3 rings (SSSR count). The highest BCUT2D eigenvalue weighted by molar-refractivity contribution is 7.89. The van der Waals surface area contributed by atoms with Gasteiger partial charge in [0.05, 0.1) is 29.2 Å². The molecule has 2 aromatic rings. The molecular weight excluding hydrogens is 492 g/mol. The van der Waals surface area contributed by atoms with E-state index in [2.05, 4.69) is 15.8 Å². The zero-order valence-corrected chi connectivity index (χ0v) is 21.2. The quantitative estimate of drug-likeness (QED) is 0.527. The van der Waals surface area contributed by atoms with E-state index in [4.69, 9.17) is 16.3 Å². The second-order valence-corrected chi connectivity index (χ2v) is 10.3. The summed E-state index contributed by atoms with van der Waals surface area (Å²) in [5, 5.41) is 10.1. The van der Waals surface area contributed by atoms with Crippen LogP contribution in [0.3, 0.4) is 0 Å². The van der Waals surface area contributed by atoms with E-state index in [1.165, 1.54) is 6.07 Å². The van der Waals surface area contributed by atoms with Crippen LogP contribution in [-0.4, -0.2) is 45.0 Å². The van der Waals surface area contributed by atoms with Gasteiger partial charge in [-0.25, -0.2) is 18.2 Å². The van der Waals surface area contributed by atoms with Crippen LogP contribution in [0.5, 0.6) is 0 Å². The van der Waals surface area contributed by atoms with Gasteiger partial charge in [0.15, 0.2) is 0 Å². The van der Waals surface area contributed by atoms with Gasteiger partial charge in [-0.05, 0) is 49.9 Å². The average Bonchev–Trinajstić information content (AvgIpc) is 2.84. The second kappa shape index (κ2) is 11.5. The summed E-state index contributed by atoms with van der Waals surface area (Å²) < 4.78 is 32.2. The molecule has 0 saturated carbocycles. The number of anilines is 1. The van der Waals surface area contributed by atoms with Crippen molar-refractivity contribution >= 4 is 39.3 Å². The molecule has 0 aliphatic carbocycles. The number of carbonyl (C=O) groups excluding carboxylic acids is 2. The van der Waals surface area contributed by atoms with E-state index in [9.17, 15) is 23.3 Å². The number of nitrogens with one attached hydrogen (secondary N) is 1. The highest BCUT2D eigenvalue weighted by Gasteiger charge is 2.30. The summed E-state index contributed by atoms with van der Waals surface area (Å²) >= 11 is 5.83. The minimum atomic E-state index is -3.85. The Balaban J connectivity index is 1.67. The summed E-state index contributed by atoms with van der Waals surface area (Å²) in [4.78, 5) is 31.4. The van der Waals surface area contributed by atoms with Crippen LogP contribution in [0.1, 0.15) is 53.9 Å². The van der Waals surface area contributed by atoms with Crippen LogP contribution in [0, 0.1) is 17.2 Å². The molecule has 1 amide bonds. The van der Waals surface area contributed by atoms with Gasteiger partial charge >= 0.3 is 5.97 Å². The Labute approximate surface area is 210 Å². The summed E-state index contributed by atoms with van der Waals surface area (Å²) in [6.45, 7) is 4.62. The standard InChI is InChI=1S/C24H27ClN4O5S/c1-3-21-20(24(31)34-4-2)13-18(14-26)22(27-21)29-11-9-17(10-12-29)23(30)28-35(32,33)15-16-5-7-19(25)8-6-16/h5-8,13,17H,3-4,9-12,15H2,1-2H3,(H,28,30). The van der Waals surface area contributed by atoms with Crippen LogP contribution >= 0.6 is 11.6 Å². The lowest BCUT2D eigenvalue weighted by Gasteiger charge is -2.33. The summed E-state index contributed by atoms with van der Waals surface area (Å²) in [7, 11) is -3.85. The number of aryl methyl sites for hydroxylation is 1. The Bertz CT molecular complexity index is 1230. The highest BCUT2D eigenvalue weighted by Crippen LogP contribution is 2.27. The summed E-state index contributed by atoms with van der Waals surface area (Å²) in [5.41, 5.74) is 1.58. The first-order valence-corrected chi connectivity index (χ1v) is 13.3. The summed E-state index contributed by atoms with van der Waals surface area (Å²) in [6, 6.07) is 9.98. The second-order valence-electron chi connectivity index (χ2n) is 8.15. The Kier molecular flexibility index (Phi) is 8.70. The topological polar surface area (TPSA) is 129 Å². The molecule has 1 aliphatic heterocycles. The number of nitriles is 1. The lowest BCUT2D eigenvalue weighted by atomic mass is 9.96. The van der Waals surface area contributed by atoms with Gasteiger partial charge < -0.3 is 9.64 Å². The molecule has 1 aromatic heterocycles. The summed E-state index contributed by atoms with van der Waals surface area (Å²) in [6.07, 6.45) is 1.28. The van der Waals surface area contributed by atoms with Crippen LogP contribution in [-0.2, 0) is 31.7 Å².